The predicted molar refractivity (Wildman–Crippen MR) is 106 cm³/mol. The Balaban J connectivity index is 1.48. The summed E-state index contributed by atoms with van der Waals surface area (Å²) in [6.07, 6.45) is 4.64. The van der Waals surface area contributed by atoms with Crippen molar-refractivity contribution in [3.05, 3.63) is 24.3 Å². The molecule has 0 aliphatic carbocycles. The summed E-state index contributed by atoms with van der Waals surface area (Å²) in [5.41, 5.74) is 0. The first-order valence-electron chi connectivity index (χ1n) is 9.15. The zero-order chi connectivity index (χ0) is 18.4. The second kappa shape index (κ2) is 9.14. The smallest absolute Gasteiger partial charge is 0.243 e. The lowest BCUT2D eigenvalue weighted by Crippen LogP contribution is -2.29. The quantitative estimate of drug-likeness (QED) is 0.615. The molecule has 0 spiro atoms. The van der Waals surface area contributed by atoms with E-state index in [9.17, 15) is 8.42 Å². The van der Waals surface area contributed by atoms with E-state index in [2.05, 4.69) is 29.4 Å². The highest BCUT2D eigenvalue weighted by molar-refractivity contribution is 7.89. The number of thiol groups is 1. The molecule has 0 saturated carbocycles. The Kier molecular flexibility index (Phi) is 6.87. The van der Waals surface area contributed by atoms with E-state index >= 15 is 0 Å². The van der Waals surface area contributed by atoms with Crippen molar-refractivity contribution < 1.29 is 13.2 Å². The molecule has 142 valence electrons. The van der Waals surface area contributed by atoms with Gasteiger partial charge < -0.3 is 4.74 Å². The number of ether oxygens (including phenoxy) is 1. The van der Waals surface area contributed by atoms with Crippen LogP contribution in [0.4, 0.5) is 0 Å². The molecule has 0 N–H and O–H groups in total. The highest BCUT2D eigenvalue weighted by Crippen LogP contribution is 2.24. The van der Waals surface area contributed by atoms with Gasteiger partial charge in [0.1, 0.15) is 12.4 Å². The Morgan fingerprint density at radius 1 is 1.08 bits per heavy atom. The van der Waals surface area contributed by atoms with Crippen LogP contribution in [0, 0.1) is 11.8 Å². The third kappa shape index (κ3) is 5.17. The number of sulfonamides is 1. The topological polar surface area (TPSA) is 49.9 Å². The van der Waals surface area contributed by atoms with Crippen LogP contribution in [0.3, 0.4) is 0 Å². The van der Waals surface area contributed by atoms with Crippen LogP contribution >= 0.6 is 12.6 Å². The van der Waals surface area contributed by atoms with Gasteiger partial charge in [-0.2, -0.15) is 16.9 Å². The van der Waals surface area contributed by atoms with E-state index in [1.165, 1.54) is 23.6 Å². The van der Waals surface area contributed by atoms with Gasteiger partial charge in [-0.05, 0) is 56.6 Å². The van der Waals surface area contributed by atoms with Gasteiger partial charge in [0.15, 0.2) is 0 Å². The van der Waals surface area contributed by atoms with Crippen LogP contribution in [-0.4, -0.2) is 62.2 Å². The van der Waals surface area contributed by atoms with Crippen LogP contribution in [0.25, 0.3) is 0 Å². The molecule has 1 aromatic carbocycles. The summed E-state index contributed by atoms with van der Waals surface area (Å²) in [5, 5.41) is 0.121. The first-order valence-corrected chi connectivity index (χ1v) is 11.1. The van der Waals surface area contributed by atoms with Crippen molar-refractivity contribution in [2.45, 2.75) is 35.8 Å². The molecule has 1 aromatic rings. The van der Waals surface area contributed by atoms with Gasteiger partial charge in [-0.15, -0.1) is 0 Å². The lowest BCUT2D eigenvalue weighted by Gasteiger charge is -2.23. The van der Waals surface area contributed by atoms with Crippen molar-refractivity contribution in [3.63, 3.8) is 0 Å². The summed E-state index contributed by atoms with van der Waals surface area (Å²) in [7, 11) is -3.43. The minimum atomic E-state index is -3.43. The van der Waals surface area contributed by atoms with Crippen LogP contribution in [0.5, 0.6) is 5.75 Å². The molecule has 0 unspecified atom stereocenters. The van der Waals surface area contributed by atoms with Crippen molar-refractivity contribution in [2.24, 2.45) is 0 Å². The number of hydrogen-bond donors (Lipinski definition) is 1. The molecular formula is C19H26N2O3S2. The number of likely N-dealkylation sites (tertiary alicyclic amines) is 1. The number of piperidine rings is 1. The zero-order valence-electron chi connectivity index (χ0n) is 14.9. The van der Waals surface area contributed by atoms with Crippen LogP contribution in [-0.2, 0) is 10.0 Å². The molecule has 2 aliphatic rings. The van der Waals surface area contributed by atoms with E-state index in [1.807, 2.05) is 0 Å². The third-order valence-corrected chi connectivity index (χ3v) is 7.08. The van der Waals surface area contributed by atoms with Crippen LogP contribution < -0.4 is 4.74 Å². The summed E-state index contributed by atoms with van der Waals surface area (Å²) in [6, 6.07) is 6.57. The fraction of sp³-hybridized carbons (Fsp3) is 0.579. The van der Waals surface area contributed by atoms with Gasteiger partial charge in [-0.1, -0.05) is 18.3 Å². The summed E-state index contributed by atoms with van der Waals surface area (Å²) in [5.74, 6) is 6.80. The molecular weight excluding hydrogens is 368 g/mol. The maximum absolute atomic E-state index is 12.6. The molecule has 2 saturated heterocycles. The second-order valence-electron chi connectivity index (χ2n) is 6.76. The van der Waals surface area contributed by atoms with Crippen molar-refractivity contribution >= 4 is 22.7 Å². The fourth-order valence-electron chi connectivity index (χ4n) is 3.24. The maximum atomic E-state index is 12.6. The number of rotatable bonds is 5. The summed E-state index contributed by atoms with van der Waals surface area (Å²) >= 11 is 4.36. The van der Waals surface area contributed by atoms with Gasteiger partial charge in [0.25, 0.3) is 0 Å². The second-order valence-corrected chi connectivity index (χ2v) is 9.42. The van der Waals surface area contributed by atoms with E-state index < -0.39 is 10.0 Å². The predicted octanol–water partition coefficient (Wildman–Crippen LogP) is 2.25. The molecule has 3 rings (SSSR count). The van der Waals surface area contributed by atoms with Crippen LogP contribution in [0.2, 0.25) is 0 Å². The minimum Gasteiger partial charge on any atom is -0.481 e. The zero-order valence-corrected chi connectivity index (χ0v) is 16.6. The molecule has 0 aromatic heterocycles. The molecule has 26 heavy (non-hydrogen) atoms. The average molecular weight is 395 g/mol. The molecule has 5 nitrogen and oxygen atoms in total. The van der Waals surface area contributed by atoms with Crippen LogP contribution in [0.15, 0.2) is 29.2 Å². The molecule has 2 aliphatic heterocycles. The first kappa shape index (κ1) is 19.6. The summed E-state index contributed by atoms with van der Waals surface area (Å²) in [4.78, 5) is 2.66. The first-order chi connectivity index (χ1) is 12.6. The van der Waals surface area contributed by atoms with Gasteiger partial charge in [0.05, 0.1) is 11.4 Å². The number of benzene rings is 1. The molecule has 0 bridgehead atoms. The largest absolute Gasteiger partial charge is 0.481 e. The van der Waals surface area contributed by atoms with Gasteiger partial charge in [0.2, 0.25) is 10.0 Å². The Hall–Kier alpha value is -1.20. The fourth-order valence-corrected chi connectivity index (χ4v) is 5.16. The maximum Gasteiger partial charge on any atom is 0.243 e. The number of hydrogen-bond acceptors (Lipinski definition) is 5. The van der Waals surface area contributed by atoms with Crippen molar-refractivity contribution in [1.82, 2.24) is 9.21 Å². The Bertz CT molecular complexity index is 747. The van der Waals surface area contributed by atoms with E-state index in [-0.39, 0.29) is 5.25 Å². The number of nitrogens with zero attached hydrogens (tertiary/aromatic N) is 2. The normalized spacial score (nSPS) is 22.0. The Morgan fingerprint density at radius 2 is 1.81 bits per heavy atom. The monoisotopic (exact) mass is 394 g/mol. The standard InChI is InChI=1S/C19H26N2O3S2/c22-26(23,21-14-10-18(25)16-21)19-8-6-17(7-9-19)24-15-5-4-13-20-11-2-1-3-12-20/h6-9,18,25H,1-3,10-16H2/t18-/m0/s1. The van der Waals surface area contributed by atoms with E-state index in [1.54, 1.807) is 24.3 Å². The van der Waals surface area contributed by atoms with Gasteiger partial charge >= 0.3 is 0 Å². The van der Waals surface area contributed by atoms with E-state index in [0.717, 1.165) is 26.1 Å². The highest BCUT2D eigenvalue weighted by atomic mass is 32.2. The summed E-state index contributed by atoms with van der Waals surface area (Å²) in [6.45, 7) is 4.38. The highest BCUT2D eigenvalue weighted by Gasteiger charge is 2.30. The van der Waals surface area contributed by atoms with E-state index in [0.29, 0.717) is 30.3 Å². The molecule has 1 atom stereocenters. The Morgan fingerprint density at radius 3 is 2.46 bits per heavy atom. The lowest BCUT2D eigenvalue weighted by molar-refractivity contribution is 0.255. The van der Waals surface area contributed by atoms with Crippen LogP contribution in [0.1, 0.15) is 25.7 Å². The van der Waals surface area contributed by atoms with Crippen molar-refractivity contribution in [2.75, 3.05) is 39.3 Å². The molecule has 7 heteroatoms. The molecule has 2 heterocycles. The summed E-state index contributed by atoms with van der Waals surface area (Å²) < 4.78 is 32.2. The molecule has 2 fully saturated rings. The Labute approximate surface area is 162 Å². The van der Waals surface area contributed by atoms with Gasteiger partial charge in [-0.3, -0.25) is 4.90 Å². The lowest BCUT2D eigenvalue weighted by atomic mass is 10.1. The van der Waals surface area contributed by atoms with E-state index in [4.69, 9.17) is 4.74 Å². The molecule has 0 radical (unpaired) electrons. The average Bonchev–Trinajstić information content (AvgIpc) is 3.10. The van der Waals surface area contributed by atoms with Gasteiger partial charge in [-0.25, -0.2) is 8.42 Å². The molecule has 0 amide bonds. The third-order valence-electron chi connectivity index (χ3n) is 4.77. The SMILES string of the molecule is O=S(=O)(c1ccc(OCC#CCN2CCCCC2)cc1)N1CC[C@H](S)C1. The van der Waals surface area contributed by atoms with Crippen molar-refractivity contribution in [3.8, 4) is 17.6 Å². The minimum absolute atomic E-state index is 0.121. The van der Waals surface area contributed by atoms with Crippen molar-refractivity contribution in [1.29, 1.82) is 0 Å². The van der Waals surface area contributed by atoms with Gasteiger partial charge in [0, 0.05) is 18.3 Å².